The zero-order valence-electron chi connectivity index (χ0n) is 52.9. The molecule has 454 valence electrons. The highest BCUT2D eigenvalue weighted by Crippen LogP contribution is 2.62. The predicted octanol–water partition coefficient (Wildman–Crippen LogP) is 21.4. The topological polar surface area (TPSA) is 97.3 Å². The predicted molar refractivity (Wildman–Crippen MR) is 349 cm³/mol. The van der Waals surface area contributed by atoms with Crippen LogP contribution in [-0.4, -0.2) is 65.4 Å². The monoisotopic (exact) mass is 1140 g/mol. The number of carboxylic acids is 2. The molecule has 2 aromatic carbocycles. The van der Waals surface area contributed by atoms with Crippen molar-refractivity contribution < 1.29 is 24.0 Å². The van der Waals surface area contributed by atoms with E-state index in [0.717, 1.165) is 0 Å². The van der Waals surface area contributed by atoms with Crippen LogP contribution in [-0.2, 0) is 10.8 Å². The van der Waals surface area contributed by atoms with Gasteiger partial charge in [-0.2, -0.15) is 0 Å². The summed E-state index contributed by atoms with van der Waals surface area (Å²) in [5, 5.41) is 22.0. The molecule has 0 spiro atoms. The van der Waals surface area contributed by atoms with Gasteiger partial charge in [-0.1, -0.05) is 284 Å². The van der Waals surface area contributed by atoms with E-state index in [1.807, 2.05) is 0 Å². The Labute approximate surface area is 489 Å². The molecule has 2 aromatic rings. The summed E-state index contributed by atoms with van der Waals surface area (Å²) < 4.78 is 12.4. The second kappa shape index (κ2) is 54.6. The first-order valence-corrected chi connectivity index (χ1v) is 39.9. The van der Waals surface area contributed by atoms with Crippen molar-refractivity contribution in [2.75, 3.05) is 49.3 Å². The molecular weight excluding hydrogens is 1010 g/mol. The fourth-order valence-electron chi connectivity index (χ4n) is 11.3. The number of carboxylic acid groups (broad SMARTS) is 2. The lowest BCUT2D eigenvalue weighted by Crippen LogP contribution is -2.25. The number of hydrogen-bond donors (Lipinski definition) is 0. The lowest BCUT2D eigenvalue weighted by molar-refractivity contribution is -0.256. The Morgan fingerprint density at radius 1 is 0.295 bits per heavy atom. The van der Waals surface area contributed by atoms with Crippen LogP contribution >= 0.6 is 14.5 Å². The van der Waals surface area contributed by atoms with Gasteiger partial charge in [0.25, 0.3) is 0 Å². The van der Waals surface area contributed by atoms with Gasteiger partial charge in [0.1, 0.15) is 0 Å². The molecule has 0 heterocycles. The number of hydrogen-bond acceptors (Lipinski definition) is 5. The van der Waals surface area contributed by atoms with E-state index in [-0.39, 0.29) is 20.9 Å². The molecule has 0 aliphatic rings. The zero-order valence-corrected chi connectivity index (χ0v) is 55.5. The summed E-state index contributed by atoms with van der Waals surface area (Å²) in [6.45, 7) is 19.0. The fraction of sp³-hybridized carbons (Fsp3) is 0.800. The molecule has 0 unspecified atom stereocenters. The van der Waals surface area contributed by atoms with E-state index in [4.69, 9.17) is 0 Å². The van der Waals surface area contributed by atoms with Gasteiger partial charge in [-0.3, -0.25) is 0 Å². The van der Waals surface area contributed by atoms with Gasteiger partial charge in [0.15, 0.2) is 0 Å². The molecule has 2 rings (SSSR count). The first-order chi connectivity index (χ1) is 38.0. The van der Waals surface area contributed by atoms with Crippen molar-refractivity contribution in [2.45, 2.75) is 322 Å². The fourth-order valence-corrected chi connectivity index (χ4v) is 23.0. The van der Waals surface area contributed by atoms with Crippen LogP contribution in [0.1, 0.15) is 333 Å². The minimum Gasteiger partial charge on any atom is -0.545 e. The van der Waals surface area contributed by atoms with Crippen molar-refractivity contribution in [3.8, 4) is 0 Å². The minimum atomic E-state index is -1.95. The molecule has 0 atom stereocenters. The third kappa shape index (κ3) is 39.8. The summed E-state index contributed by atoms with van der Waals surface area (Å²) in [4.78, 5) is 22.0. The van der Waals surface area contributed by atoms with Crippen LogP contribution in [0.25, 0.3) is 0 Å². The highest BCUT2D eigenvalue weighted by molar-refractivity contribution is 7.85. The summed E-state index contributed by atoms with van der Waals surface area (Å²) in [6, 6.07) is 11.2. The summed E-state index contributed by atoms with van der Waals surface area (Å²) >= 11 is 0. The Hall–Kier alpha value is -1.61. The standard InChI is InChI=1S/2C28H60P.C14H10O5S/c2*1-5-9-13-14-15-16-17-18-19-20-21-22-23-24-28-29(25-10-6-2,26-11-7-3)27-12-8-4;15-13(16)9-5-1-3-7-11(9)20(19)12-8-4-2-6-10(12)14(17)18/h2*5-28H2,1-4H3;1-8H,(H,15,16)(H,17,18)/q2*+1;/p-2. The van der Waals surface area contributed by atoms with E-state index in [2.05, 4.69) is 55.4 Å². The largest absolute Gasteiger partial charge is 0.545 e. The lowest BCUT2D eigenvalue weighted by Gasteiger charge is -2.28. The Kier molecular flexibility index (Phi) is 53.5. The maximum Gasteiger partial charge on any atom is 0.0863 e. The van der Waals surface area contributed by atoms with Crippen LogP contribution in [0, 0.1) is 0 Å². The Balaban J connectivity index is 0.00000116. The van der Waals surface area contributed by atoms with Crippen LogP contribution < -0.4 is 10.2 Å². The van der Waals surface area contributed by atoms with E-state index in [1.165, 1.54) is 293 Å². The number of benzene rings is 2. The second-order valence-corrected chi connectivity index (χ2v) is 34.0. The van der Waals surface area contributed by atoms with Crippen LogP contribution in [0.5, 0.6) is 0 Å². The van der Waals surface area contributed by atoms with E-state index < -0.39 is 37.3 Å². The average Bonchev–Trinajstić information content (AvgIpc) is 3.46. The van der Waals surface area contributed by atoms with Crippen molar-refractivity contribution in [1.29, 1.82) is 0 Å². The van der Waals surface area contributed by atoms with Crippen molar-refractivity contribution in [3.05, 3.63) is 59.7 Å². The molecule has 0 aliphatic heterocycles. The van der Waals surface area contributed by atoms with Gasteiger partial charge in [0.2, 0.25) is 0 Å². The molecule has 78 heavy (non-hydrogen) atoms. The average molecular weight is 1140 g/mol. The van der Waals surface area contributed by atoms with Gasteiger partial charge in [0.05, 0.1) is 81.8 Å². The number of rotatable bonds is 52. The first-order valence-electron chi connectivity index (χ1n) is 33.7. The third-order valence-electron chi connectivity index (χ3n) is 16.5. The third-order valence-corrected chi connectivity index (χ3v) is 28.1. The molecule has 0 amide bonds. The number of unbranched alkanes of at least 4 members (excludes halogenated alkanes) is 32. The lowest BCUT2D eigenvalue weighted by atomic mass is 10.0. The molecule has 0 fully saturated rings. The molecule has 0 aromatic heterocycles. The molecule has 0 aliphatic carbocycles. The second-order valence-electron chi connectivity index (χ2n) is 23.6. The smallest absolute Gasteiger partial charge is 0.0863 e. The Bertz CT molecular complexity index is 1520. The summed E-state index contributed by atoms with van der Waals surface area (Å²) in [5.74, 6) is -2.94. The number of carbonyl (C=O) groups excluding carboxylic acids is 2. The van der Waals surface area contributed by atoms with Gasteiger partial charge in [-0.05, 0) is 76.3 Å². The van der Waals surface area contributed by atoms with Crippen LogP contribution in [0.15, 0.2) is 58.3 Å². The molecule has 5 nitrogen and oxygen atoms in total. The van der Waals surface area contributed by atoms with E-state index in [0.29, 0.717) is 0 Å². The molecule has 0 saturated heterocycles. The van der Waals surface area contributed by atoms with Gasteiger partial charge in [-0.25, -0.2) is 4.21 Å². The van der Waals surface area contributed by atoms with Crippen molar-refractivity contribution >= 4 is 37.3 Å². The summed E-state index contributed by atoms with van der Waals surface area (Å²) in [5.41, 5.74) is -0.474. The number of aromatic carboxylic acids is 2. The van der Waals surface area contributed by atoms with Gasteiger partial charge >= 0.3 is 0 Å². The van der Waals surface area contributed by atoms with Gasteiger partial charge in [0, 0.05) is 25.7 Å². The van der Waals surface area contributed by atoms with E-state index >= 15 is 0 Å². The molecular formula is C70H128O5P2S. The summed E-state index contributed by atoms with van der Waals surface area (Å²) in [6.07, 6.45) is 71.9. The Morgan fingerprint density at radius 2 is 0.474 bits per heavy atom. The maximum atomic E-state index is 12.4. The molecule has 0 radical (unpaired) electrons. The van der Waals surface area contributed by atoms with Crippen molar-refractivity contribution in [1.82, 2.24) is 0 Å². The maximum absolute atomic E-state index is 12.4. The molecule has 0 bridgehead atoms. The molecule has 0 N–H and O–H groups in total. The van der Waals surface area contributed by atoms with Crippen molar-refractivity contribution in [2.24, 2.45) is 0 Å². The van der Waals surface area contributed by atoms with Crippen LogP contribution in [0.4, 0.5) is 0 Å². The molecule has 8 heteroatoms. The highest BCUT2D eigenvalue weighted by Gasteiger charge is 2.35. The highest BCUT2D eigenvalue weighted by atomic mass is 32.2. The van der Waals surface area contributed by atoms with E-state index in [1.54, 1.807) is 62.1 Å². The number of carbonyl (C=O) groups is 2. The molecule has 0 saturated carbocycles. The van der Waals surface area contributed by atoms with Gasteiger partial charge < -0.3 is 19.8 Å². The Morgan fingerprint density at radius 3 is 0.679 bits per heavy atom. The van der Waals surface area contributed by atoms with Crippen molar-refractivity contribution in [3.63, 3.8) is 0 Å². The van der Waals surface area contributed by atoms with Gasteiger partial charge in [-0.15, -0.1) is 0 Å². The quantitative estimate of drug-likeness (QED) is 0.0486. The first kappa shape index (κ1) is 76.4. The SMILES string of the molecule is CCCCCCCCCCCCCCCC[P+](CCCC)(CCCC)CCCC.CCCCCCCCCCCCCCCC[P+](CCCC)(CCCC)CCCC.O=C([O-])c1ccccc1S(=O)c1ccccc1C(=O)[O-]. The zero-order chi connectivity index (χ0) is 57.6. The summed E-state index contributed by atoms with van der Waals surface area (Å²) in [7, 11) is -3.21. The van der Waals surface area contributed by atoms with Crippen LogP contribution in [0.3, 0.4) is 0 Å². The minimum absolute atomic E-state index is 0.0128. The normalized spacial score (nSPS) is 11.6. The van der Waals surface area contributed by atoms with Crippen LogP contribution in [0.2, 0.25) is 0 Å². The van der Waals surface area contributed by atoms with E-state index in [9.17, 15) is 24.0 Å².